The summed E-state index contributed by atoms with van der Waals surface area (Å²) in [5, 5.41) is 1.69. The van der Waals surface area contributed by atoms with E-state index < -0.39 is 11.0 Å². The summed E-state index contributed by atoms with van der Waals surface area (Å²) in [5.41, 5.74) is 14.0. The average molecular weight is 549 g/mol. The molecule has 1 aliphatic rings. The van der Waals surface area contributed by atoms with Crippen molar-refractivity contribution in [1.82, 2.24) is 4.31 Å². The maximum Gasteiger partial charge on any atom is 0.137 e. The van der Waals surface area contributed by atoms with Crippen LogP contribution in [0.15, 0.2) is 59.5 Å². The van der Waals surface area contributed by atoms with Crippen molar-refractivity contribution < 1.29 is 8.95 Å². The number of anilines is 2. The van der Waals surface area contributed by atoms with Crippen molar-refractivity contribution in [1.29, 1.82) is 0 Å². The Labute approximate surface area is 236 Å². The lowest BCUT2D eigenvalue weighted by Gasteiger charge is -2.34. The van der Waals surface area contributed by atoms with Gasteiger partial charge in [-0.3, -0.25) is 0 Å². The number of fused-ring (bicyclic) bond motifs is 1. The van der Waals surface area contributed by atoms with Gasteiger partial charge in [-0.15, -0.1) is 0 Å². The van der Waals surface area contributed by atoms with Crippen molar-refractivity contribution >= 4 is 22.4 Å². The van der Waals surface area contributed by atoms with Crippen LogP contribution in [0, 0.1) is 19.3 Å². The van der Waals surface area contributed by atoms with Gasteiger partial charge in [-0.25, -0.2) is 14.4 Å². The first-order valence-corrected chi connectivity index (χ1v) is 15.0. The zero-order chi connectivity index (χ0) is 28.5. The van der Waals surface area contributed by atoms with Crippen LogP contribution in [0.25, 0.3) is 0 Å². The molecule has 6 nitrogen and oxygen atoms in total. The highest BCUT2D eigenvalue weighted by Gasteiger charge is 2.32. The van der Waals surface area contributed by atoms with E-state index in [-0.39, 0.29) is 17.4 Å². The molecule has 0 bridgehead atoms. The van der Waals surface area contributed by atoms with E-state index in [0.717, 1.165) is 34.0 Å². The minimum atomic E-state index is -1.31. The Balaban J connectivity index is 1.74. The predicted molar refractivity (Wildman–Crippen MR) is 163 cm³/mol. The minimum Gasteiger partial charge on any atom is -0.488 e. The highest BCUT2D eigenvalue weighted by molar-refractivity contribution is 7.82. The third kappa shape index (κ3) is 6.01. The van der Waals surface area contributed by atoms with Gasteiger partial charge in [0.05, 0.1) is 16.3 Å². The second-order valence-corrected chi connectivity index (χ2v) is 13.1. The summed E-state index contributed by atoms with van der Waals surface area (Å²) in [7, 11) is -1.31. The minimum absolute atomic E-state index is 0.0159. The van der Waals surface area contributed by atoms with Crippen molar-refractivity contribution in [2.45, 2.75) is 78.3 Å². The summed E-state index contributed by atoms with van der Waals surface area (Å²) in [5.74, 6) is 7.03. The number of benzene rings is 3. The van der Waals surface area contributed by atoms with E-state index in [9.17, 15) is 4.21 Å². The van der Waals surface area contributed by atoms with Crippen LogP contribution in [0.2, 0.25) is 0 Å². The van der Waals surface area contributed by atoms with Crippen molar-refractivity contribution in [3.8, 4) is 5.75 Å². The topological polar surface area (TPSA) is 84.8 Å². The molecular weight excluding hydrogens is 504 g/mol. The number of para-hydroxylation sites is 1. The molecule has 7 heteroatoms. The molecular formula is C32H44N4O2S. The van der Waals surface area contributed by atoms with Crippen LogP contribution in [0.5, 0.6) is 5.75 Å². The Kier molecular flexibility index (Phi) is 8.74. The molecule has 0 radical (unpaired) electrons. The molecule has 0 fully saturated rings. The second kappa shape index (κ2) is 11.7. The zero-order valence-corrected chi connectivity index (χ0v) is 25.3. The first kappa shape index (κ1) is 29.1. The molecule has 3 aromatic carbocycles. The fourth-order valence-electron chi connectivity index (χ4n) is 5.52. The van der Waals surface area contributed by atoms with Crippen LogP contribution in [0.3, 0.4) is 0 Å². The highest BCUT2D eigenvalue weighted by Crippen LogP contribution is 2.44. The highest BCUT2D eigenvalue weighted by atomic mass is 32.2. The summed E-state index contributed by atoms with van der Waals surface area (Å²) in [6.07, 6.45) is 0.833. The fraction of sp³-hybridized carbons (Fsp3) is 0.438. The zero-order valence-electron chi connectivity index (χ0n) is 24.5. The van der Waals surface area contributed by atoms with Crippen molar-refractivity contribution in [3.05, 3.63) is 82.4 Å². The van der Waals surface area contributed by atoms with E-state index in [1.165, 1.54) is 22.3 Å². The molecule has 3 atom stereocenters. The number of ether oxygens (including phenoxy) is 1. The largest absolute Gasteiger partial charge is 0.488 e. The predicted octanol–water partition coefficient (Wildman–Crippen LogP) is 6.46. The number of rotatable bonds is 7. The van der Waals surface area contributed by atoms with Gasteiger partial charge in [0.25, 0.3) is 0 Å². The van der Waals surface area contributed by atoms with Crippen LogP contribution in [0.4, 0.5) is 11.4 Å². The molecule has 4 rings (SSSR count). The van der Waals surface area contributed by atoms with E-state index in [2.05, 4.69) is 70.1 Å². The monoisotopic (exact) mass is 548 g/mol. The molecule has 1 aliphatic heterocycles. The molecule has 4 N–H and O–H groups in total. The van der Waals surface area contributed by atoms with Crippen LogP contribution < -0.4 is 21.3 Å². The van der Waals surface area contributed by atoms with Gasteiger partial charge >= 0.3 is 0 Å². The molecule has 0 aromatic heterocycles. The quantitative estimate of drug-likeness (QED) is 0.201. The van der Waals surface area contributed by atoms with E-state index in [4.69, 9.17) is 16.3 Å². The second-order valence-electron chi connectivity index (χ2n) is 11.7. The van der Waals surface area contributed by atoms with Crippen molar-refractivity contribution in [2.75, 3.05) is 23.8 Å². The SMILES string of the molecule is CC[C@@H]1CN(Cc2cc(C(c3ccc(N(N)CC)c(N)c3C)C(C)(C)C)ccc2C)S(=O)c2ccccc2O1. The molecule has 0 aliphatic carbocycles. The number of nitrogens with zero attached hydrogens (tertiary/aromatic N) is 2. The summed E-state index contributed by atoms with van der Waals surface area (Å²) >= 11 is 0. The van der Waals surface area contributed by atoms with E-state index in [1.807, 2.05) is 37.3 Å². The third-order valence-corrected chi connectivity index (χ3v) is 9.30. The summed E-state index contributed by atoms with van der Waals surface area (Å²) in [6.45, 7) is 17.0. The van der Waals surface area contributed by atoms with Gasteiger partial charge in [0, 0.05) is 25.6 Å². The van der Waals surface area contributed by atoms with Crippen LogP contribution in [-0.2, 0) is 17.5 Å². The van der Waals surface area contributed by atoms with Gasteiger partial charge in [-0.2, -0.15) is 0 Å². The van der Waals surface area contributed by atoms with Gasteiger partial charge in [0.15, 0.2) is 0 Å². The Morgan fingerprint density at radius 3 is 2.49 bits per heavy atom. The number of nitrogen functional groups attached to an aromatic ring is 1. The van der Waals surface area contributed by atoms with E-state index in [0.29, 0.717) is 19.6 Å². The lowest BCUT2D eigenvalue weighted by Crippen LogP contribution is -2.34. The van der Waals surface area contributed by atoms with E-state index in [1.54, 1.807) is 5.01 Å². The van der Waals surface area contributed by atoms with Crippen molar-refractivity contribution in [2.24, 2.45) is 11.3 Å². The van der Waals surface area contributed by atoms with E-state index >= 15 is 0 Å². The molecule has 210 valence electrons. The lowest BCUT2D eigenvalue weighted by molar-refractivity contribution is 0.169. The average Bonchev–Trinajstić information content (AvgIpc) is 3.03. The van der Waals surface area contributed by atoms with Crippen molar-refractivity contribution in [3.63, 3.8) is 0 Å². The Morgan fingerprint density at radius 2 is 1.82 bits per heavy atom. The Hall–Kier alpha value is -2.87. The summed E-state index contributed by atoms with van der Waals surface area (Å²) < 4.78 is 22.0. The number of hydrogen-bond donors (Lipinski definition) is 2. The number of hydrogen-bond acceptors (Lipinski definition) is 5. The first-order chi connectivity index (χ1) is 18.5. The van der Waals surface area contributed by atoms with Gasteiger partial charge in [-0.1, -0.05) is 64.1 Å². The smallest absolute Gasteiger partial charge is 0.137 e. The Bertz CT molecular complexity index is 1350. The number of nitrogens with two attached hydrogens (primary N) is 2. The molecule has 0 amide bonds. The number of hydrazine groups is 1. The molecule has 1 heterocycles. The maximum absolute atomic E-state index is 13.7. The molecule has 3 aromatic rings. The summed E-state index contributed by atoms with van der Waals surface area (Å²) in [6, 6.07) is 18.6. The summed E-state index contributed by atoms with van der Waals surface area (Å²) in [4.78, 5) is 0.738. The van der Waals surface area contributed by atoms with Crippen LogP contribution in [-0.4, -0.2) is 27.7 Å². The van der Waals surface area contributed by atoms with Gasteiger partial charge in [0.1, 0.15) is 22.8 Å². The van der Waals surface area contributed by atoms with Gasteiger partial charge in [-0.05, 0) is 78.6 Å². The molecule has 2 unspecified atom stereocenters. The number of aryl methyl sites for hydroxylation is 1. The molecule has 0 saturated carbocycles. The molecule has 39 heavy (non-hydrogen) atoms. The third-order valence-electron chi connectivity index (χ3n) is 7.84. The first-order valence-electron chi connectivity index (χ1n) is 13.9. The standard InChI is InChI=1S/C32H44N4O2S/c1-8-25-20-35(39(37)29-13-11-10-12-28(29)38-25)19-24-18-23(15-14-21(24)3)30(32(5,6)7)26-16-17-27(36(34)9-2)31(33)22(26)4/h10-18,25,30H,8-9,19-20,33-34H2,1-7H3/t25-,30?,39?/m1/s1. The molecule has 0 spiro atoms. The fourth-order valence-corrected chi connectivity index (χ4v) is 6.84. The van der Waals surface area contributed by atoms with Gasteiger partial charge < -0.3 is 15.5 Å². The Morgan fingerprint density at radius 1 is 1.10 bits per heavy atom. The van der Waals surface area contributed by atoms with Crippen LogP contribution >= 0.6 is 0 Å². The normalized spacial score (nSPS) is 18.7. The van der Waals surface area contributed by atoms with Gasteiger partial charge in [0.2, 0.25) is 0 Å². The lowest BCUT2D eigenvalue weighted by atomic mass is 9.71. The maximum atomic E-state index is 13.7. The van der Waals surface area contributed by atoms with Crippen LogP contribution in [0.1, 0.15) is 74.8 Å². The molecule has 0 saturated heterocycles.